The van der Waals surface area contributed by atoms with E-state index in [1.807, 2.05) is 42.5 Å². The third-order valence-corrected chi connectivity index (χ3v) is 5.80. The number of carbonyl (C=O) groups is 3. The van der Waals surface area contributed by atoms with Crippen LogP contribution >= 0.6 is 0 Å². The van der Waals surface area contributed by atoms with Gasteiger partial charge in [-0.15, -0.1) is 0 Å². The lowest BCUT2D eigenvalue weighted by atomic mass is 9.97. The first-order valence-electron chi connectivity index (χ1n) is 10.3. The van der Waals surface area contributed by atoms with E-state index in [2.05, 4.69) is 0 Å². The minimum atomic E-state index is -0.540. The number of esters is 1. The molecule has 3 aromatic rings. The van der Waals surface area contributed by atoms with Crippen molar-refractivity contribution in [3.63, 3.8) is 0 Å². The van der Waals surface area contributed by atoms with Crippen LogP contribution in [-0.2, 0) is 9.53 Å². The Hall–Kier alpha value is -3.67. The average Bonchev–Trinajstić information content (AvgIpc) is 2.82. The number of hydrogen-bond acceptors (Lipinski definition) is 4. The first-order chi connectivity index (χ1) is 15.0. The van der Waals surface area contributed by atoms with Crippen molar-refractivity contribution < 1.29 is 19.1 Å². The quantitative estimate of drug-likeness (QED) is 0.656. The van der Waals surface area contributed by atoms with Gasteiger partial charge in [0.25, 0.3) is 5.91 Å². The fourth-order valence-electron chi connectivity index (χ4n) is 4.14. The van der Waals surface area contributed by atoms with Gasteiger partial charge >= 0.3 is 5.97 Å². The zero-order valence-corrected chi connectivity index (χ0v) is 17.3. The molecule has 0 saturated carbocycles. The van der Waals surface area contributed by atoms with Crippen LogP contribution in [0.25, 0.3) is 21.9 Å². The van der Waals surface area contributed by atoms with Gasteiger partial charge in [-0.2, -0.15) is 0 Å². The Morgan fingerprint density at radius 2 is 1.65 bits per heavy atom. The maximum absolute atomic E-state index is 13.1. The molecule has 0 spiro atoms. The molecular weight excluding hydrogens is 392 g/mol. The molecule has 1 aliphatic rings. The molecule has 0 radical (unpaired) electrons. The Balaban J connectivity index is 1.64. The Kier molecular flexibility index (Phi) is 5.71. The largest absolute Gasteiger partial charge is 0.465 e. The second kappa shape index (κ2) is 8.60. The highest BCUT2D eigenvalue weighted by molar-refractivity contribution is 6.01. The lowest BCUT2D eigenvalue weighted by molar-refractivity contribution is -0.123. The van der Waals surface area contributed by atoms with Crippen molar-refractivity contribution in [2.24, 2.45) is 5.73 Å². The van der Waals surface area contributed by atoms with E-state index in [1.54, 1.807) is 23.1 Å². The van der Waals surface area contributed by atoms with Gasteiger partial charge in [-0.3, -0.25) is 9.59 Å². The highest BCUT2D eigenvalue weighted by Gasteiger charge is 2.31. The summed E-state index contributed by atoms with van der Waals surface area (Å²) in [5.74, 6) is -0.995. The van der Waals surface area contributed by atoms with E-state index in [0.717, 1.165) is 34.7 Å². The summed E-state index contributed by atoms with van der Waals surface area (Å²) >= 11 is 0. The SMILES string of the molecule is COC(=O)c1cccc(-c2ccc3cc(C(=O)N4CCCCC4C(N)=O)ccc3c2)c1. The lowest BCUT2D eigenvalue weighted by Crippen LogP contribution is -2.50. The van der Waals surface area contributed by atoms with Crippen molar-refractivity contribution in [1.82, 2.24) is 4.90 Å². The molecule has 2 N–H and O–H groups in total. The van der Waals surface area contributed by atoms with E-state index in [-0.39, 0.29) is 11.9 Å². The van der Waals surface area contributed by atoms with Crippen LogP contribution in [0.5, 0.6) is 0 Å². The lowest BCUT2D eigenvalue weighted by Gasteiger charge is -2.33. The summed E-state index contributed by atoms with van der Waals surface area (Å²) in [6, 6.07) is 18.2. The first kappa shape index (κ1) is 20.6. The van der Waals surface area contributed by atoms with Crippen LogP contribution in [0.15, 0.2) is 60.7 Å². The van der Waals surface area contributed by atoms with Gasteiger partial charge in [0.15, 0.2) is 0 Å². The van der Waals surface area contributed by atoms with E-state index in [4.69, 9.17) is 10.5 Å². The van der Waals surface area contributed by atoms with Crippen LogP contribution in [0, 0.1) is 0 Å². The Morgan fingerprint density at radius 1 is 0.903 bits per heavy atom. The van der Waals surface area contributed by atoms with Crippen molar-refractivity contribution in [3.05, 3.63) is 71.8 Å². The molecule has 1 heterocycles. The highest BCUT2D eigenvalue weighted by atomic mass is 16.5. The summed E-state index contributed by atoms with van der Waals surface area (Å²) in [4.78, 5) is 38.2. The predicted molar refractivity (Wildman–Crippen MR) is 119 cm³/mol. The standard InChI is InChI=1S/C25H24N2O4/c1-31-25(30)21-6-4-5-16(15-21)17-8-9-19-14-20(11-10-18(19)13-17)24(29)27-12-3-2-7-22(27)23(26)28/h4-6,8-11,13-15,22H,2-3,7,12H2,1H3,(H2,26,28). The Labute approximate surface area is 180 Å². The smallest absolute Gasteiger partial charge is 0.337 e. The van der Waals surface area contributed by atoms with Gasteiger partial charge in [-0.25, -0.2) is 4.79 Å². The summed E-state index contributed by atoms with van der Waals surface area (Å²) in [7, 11) is 1.36. The van der Waals surface area contributed by atoms with Gasteiger partial charge in [-0.1, -0.05) is 30.3 Å². The maximum atomic E-state index is 13.1. The van der Waals surface area contributed by atoms with Gasteiger partial charge in [-0.05, 0) is 71.5 Å². The second-order valence-corrected chi connectivity index (χ2v) is 7.76. The molecule has 1 atom stereocenters. The highest BCUT2D eigenvalue weighted by Crippen LogP contribution is 2.27. The Morgan fingerprint density at radius 3 is 2.42 bits per heavy atom. The van der Waals surface area contributed by atoms with Crippen LogP contribution < -0.4 is 5.73 Å². The maximum Gasteiger partial charge on any atom is 0.337 e. The number of rotatable bonds is 4. The van der Waals surface area contributed by atoms with Crippen LogP contribution in [0.2, 0.25) is 0 Å². The third kappa shape index (κ3) is 4.14. The molecule has 1 unspecified atom stereocenters. The number of carbonyl (C=O) groups excluding carboxylic acids is 3. The van der Waals surface area contributed by atoms with Crippen molar-refractivity contribution in [1.29, 1.82) is 0 Å². The van der Waals surface area contributed by atoms with E-state index >= 15 is 0 Å². The van der Waals surface area contributed by atoms with Crippen molar-refractivity contribution >= 4 is 28.6 Å². The molecule has 0 aromatic heterocycles. The van der Waals surface area contributed by atoms with E-state index in [9.17, 15) is 14.4 Å². The van der Waals surface area contributed by atoms with Crippen LogP contribution in [0.1, 0.15) is 40.0 Å². The minimum absolute atomic E-state index is 0.166. The summed E-state index contributed by atoms with van der Waals surface area (Å²) < 4.78 is 4.80. The summed E-state index contributed by atoms with van der Waals surface area (Å²) in [6.07, 6.45) is 2.38. The van der Waals surface area contributed by atoms with E-state index in [1.165, 1.54) is 7.11 Å². The number of amides is 2. The third-order valence-electron chi connectivity index (χ3n) is 5.80. The molecule has 2 amide bonds. The number of benzene rings is 3. The molecule has 6 heteroatoms. The van der Waals surface area contributed by atoms with Crippen molar-refractivity contribution in [3.8, 4) is 11.1 Å². The minimum Gasteiger partial charge on any atom is -0.465 e. The number of likely N-dealkylation sites (tertiary alicyclic amines) is 1. The molecule has 0 bridgehead atoms. The number of methoxy groups -OCH3 is 1. The van der Waals surface area contributed by atoms with Crippen LogP contribution in [0.3, 0.4) is 0 Å². The number of primary amides is 1. The average molecular weight is 416 g/mol. The van der Waals surface area contributed by atoms with Gasteiger partial charge < -0.3 is 15.4 Å². The predicted octanol–water partition coefficient (Wildman–Crippen LogP) is 3.77. The number of nitrogens with two attached hydrogens (primary N) is 1. The monoisotopic (exact) mass is 416 g/mol. The molecule has 31 heavy (non-hydrogen) atoms. The fourth-order valence-corrected chi connectivity index (χ4v) is 4.14. The van der Waals surface area contributed by atoms with Gasteiger partial charge in [0, 0.05) is 12.1 Å². The molecule has 1 fully saturated rings. The Bertz CT molecular complexity index is 1170. The van der Waals surface area contributed by atoms with E-state index in [0.29, 0.717) is 24.1 Å². The number of ether oxygens (including phenoxy) is 1. The van der Waals surface area contributed by atoms with Crippen molar-refractivity contribution in [2.75, 3.05) is 13.7 Å². The molecule has 1 saturated heterocycles. The zero-order chi connectivity index (χ0) is 22.0. The molecule has 3 aromatic carbocycles. The topological polar surface area (TPSA) is 89.7 Å². The number of hydrogen-bond donors (Lipinski definition) is 1. The second-order valence-electron chi connectivity index (χ2n) is 7.76. The zero-order valence-electron chi connectivity index (χ0n) is 17.3. The molecule has 6 nitrogen and oxygen atoms in total. The van der Waals surface area contributed by atoms with Crippen LogP contribution in [-0.4, -0.2) is 42.4 Å². The summed E-state index contributed by atoms with van der Waals surface area (Å²) in [6.45, 7) is 0.542. The van der Waals surface area contributed by atoms with Gasteiger partial charge in [0.05, 0.1) is 12.7 Å². The summed E-state index contributed by atoms with van der Waals surface area (Å²) in [5.41, 5.74) is 8.41. The molecular formula is C25H24N2O4. The number of piperidine rings is 1. The molecule has 1 aliphatic heterocycles. The van der Waals surface area contributed by atoms with Crippen LogP contribution in [0.4, 0.5) is 0 Å². The van der Waals surface area contributed by atoms with E-state index < -0.39 is 11.9 Å². The molecule has 0 aliphatic carbocycles. The number of nitrogens with zero attached hydrogens (tertiary/aromatic N) is 1. The molecule has 158 valence electrons. The normalized spacial score (nSPS) is 16.2. The molecule has 4 rings (SSSR count). The fraction of sp³-hybridized carbons (Fsp3) is 0.240. The van der Waals surface area contributed by atoms with Crippen molar-refractivity contribution in [2.45, 2.75) is 25.3 Å². The van der Waals surface area contributed by atoms with Gasteiger partial charge in [0.2, 0.25) is 5.91 Å². The van der Waals surface area contributed by atoms with Gasteiger partial charge in [0.1, 0.15) is 6.04 Å². The number of fused-ring (bicyclic) bond motifs is 1. The summed E-state index contributed by atoms with van der Waals surface area (Å²) in [5, 5.41) is 1.90. The first-order valence-corrected chi connectivity index (χ1v) is 10.3.